The fourth-order valence-electron chi connectivity index (χ4n) is 2.82. The van der Waals surface area contributed by atoms with Crippen LogP contribution in [0, 0.1) is 5.92 Å². The topological polar surface area (TPSA) is 65.8 Å². The molecule has 0 radical (unpaired) electrons. The van der Waals surface area contributed by atoms with Crippen molar-refractivity contribution in [2.75, 3.05) is 13.1 Å². The first-order chi connectivity index (χ1) is 10.2. The summed E-state index contributed by atoms with van der Waals surface area (Å²) in [6, 6.07) is 9.36. The van der Waals surface area contributed by atoms with Gasteiger partial charge in [0.1, 0.15) is 0 Å². The zero-order valence-electron chi connectivity index (χ0n) is 11.9. The Bertz CT molecular complexity index is 706. The van der Waals surface area contributed by atoms with E-state index in [0.29, 0.717) is 25.1 Å². The van der Waals surface area contributed by atoms with Crippen molar-refractivity contribution in [3.8, 4) is 0 Å². The van der Waals surface area contributed by atoms with E-state index in [1.807, 2.05) is 42.2 Å². The van der Waals surface area contributed by atoms with Crippen molar-refractivity contribution < 1.29 is 10.0 Å². The summed E-state index contributed by atoms with van der Waals surface area (Å²) in [5.74, 6) is 0.0956. The Labute approximate surface area is 122 Å². The number of oxime groups is 1. The largest absolute Gasteiger partial charge is 0.411 e. The molecule has 1 aliphatic rings. The minimum absolute atomic E-state index is 0.0115. The van der Waals surface area contributed by atoms with E-state index in [2.05, 4.69) is 10.1 Å². The van der Waals surface area contributed by atoms with Gasteiger partial charge in [0.25, 0.3) is 5.91 Å². The predicted octanol–water partition coefficient (Wildman–Crippen LogP) is 2.55. The van der Waals surface area contributed by atoms with E-state index in [9.17, 15) is 4.79 Å². The second-order valence-electron chi connectivity index (χ2n) is 5.37. The Morgan fingerprint density at radius 1 is 1.38 bits per heavy atom. The van der Waals surface area contributed by atoms with Crippen LogP contribution in [0.1, 0.15) is 23.7 Å². The third-order valence-electron chi connectivity index (χ3n) is 3.99. The highest BCUT2D eigenvalue weighted by molar-refractivity contribution is 6.06. The number of benzene rings is 1. The molecule has 1 amide bonds. The molecule has 108 valence electrons. The lowest BCUT2D eigenvalue weighted by Gasteiger charge is -2.31. The summed E-state index contributed by atoms with van der Waals surface area (Å²) in [6.45, 7) is 3.13. The number of aromatic nitrogens is 1. The molecule has 0 saturated carbocycles. The molecule has 2 heterocycles. The van der Waals surface area contributed by atoms with Crippen LogP contribution in [0.2, 0.25) is 0 Å². The van der Waals surface area contributed by atoms with E-state index in [1.165, 1.54) is 0 Å². The zero-order chi connectivity index (χ0) is 14.8. The first-order valence-electron chi connectivity index (χ1n) is 7.04. The molecular weight excluding hydrogens is 266 g/mol. The first-order valence-corrected chi connectivity index (χ1v) is 7.04. The standard InChI is InChI=1S/C16H17N3O2/c1-11-10-19(9-7-14(11)18-21)16(20)13-4-2-6-15-12(13)5-3-8-17-15/h2-6,8,11,21H,7,9-10H2,1H3/b18-14+. The second-order valence-corrected chi connectivity index (χ2v) is 5.37. The van der Waals surface area contributed by atoms with Gasteiger partial charge in [0.2, 0.25) is 0 Å². The smallest absolute Gasteiger partial charge is 0.254 e. The average Bonchev–Trinajstić information content (AvgIpc) is 2.53. The van der Waals surface area contributed by atoms with Crippen LogP contribution in [0.25, 0.3) is 10.9 Å². The van der Waals surface area contributed by atoms with E-state index in [0.717, 1.165) is 16.6 Å². The predicted molar refractivity (Wildman–Crippen MR) is 80.6 cm³/mol. The lowest BCUT2D eigenvalue weighted by Crippen LogP contribution is -2.43. The molecule has 1 atom stereocenters. The summed E-state index contributed by atoms with van der Waals surface area (Å²) in [7, 11) is 0. The fraction of sp³-hybridized carbons (Fsp3) is 0.312. The minimum atomic E-state index is 0.0115. The molecule has 1 N–H and O–H groups in total. The van der Waals surface area contributed by atoms with Gasteiger partial charge in [-0.25, -0.2) is 0 Å². The second kappa shape index (κ2) is 5.52. The quantitative estimate of drug-likeness (QED) is 0.646. The van der Waals surface area contributed by atoms with Gasteiger partial charge in [0, 0.05) is 42.6 Å². The molecule has 1 saturated heterocycles. The number of hydrogen-bond acceptors (Lipinski definition) is 4. The summed E-state index contributed by atoms with van der Waals surface area (Å²) in [6.07, 6.45) is 2.34. The summed E-state index contributed by atoms with van der Waals surface area (Å²) < 4.78 is 0. The molecule has 2 aromatic rings. The average molecular weight is 283 g/mol. The fourth-order valence-corrected chi connectivity index (χ4v) is 2.82. The van der Waals surface area contributed by atoms with Crippen molar-refractivity contribution in [3.05, 3.63) is 42.1 Å². The minimum Gasteiger partial charge on any atom is -0.411 e. The van der Waals surface area contributed by atoms with Gasteiger partial charge in [0.05, 0.1) is 11.2 Å². The number of hydrogen-bond donors (Lipinski definition) is 1. The van der Waals surface area contributed by atoms with Crippen molar-refractivity contribution in [2.45, 2.75) is 13.3 Å². The Hall–Kier alpha value is -2.43. The molecule has 5 heteroatoms. The van der Waals surface area contributed by atoms with Crippen LogP contribution in [0.5, 0.6) is 0 Å². The van der Waals surface area contributed by atoms with Gasteiger partial charge in [-0.2, -0.15) is 0 Å². The van der Waals surface area contributed by atoms with E-state index in [1.54, 1.807) is 6.20 Å². The van der Waals surface area contributed by atoms with Gasteiger partial charge in [0.15, 0.2) is 0 Å². The van der Waals surface area contributed by atoms with Crippen LogP contribution in [0.15, 0.2) is 41.7 Å². The number of fused-ring (bicyclic) bond motifs is 1. The third-order valence-corrected chi connectivity index (χ3v) is 3.99. The summed E-state index contributed by atoms with van der Waals surface area (Å²) in [4.78, 5) is 18.9. The van der Waals surface area contributed by atoms with E-state index >= 15 is 0 Å². The number of carbonyl (C=O) groups excluding carboxylic acids is 1. The van der Waals surface area contributed by atoms with Crippen LogP contribution >= 0.6 is 0 Å². The number of carbonyl (C=O) groups is 1. The van der Waals surface area contributed by atoms with Crippen molar-refractivity contribution >= 4 is 22.5 Å². The van der Waals surface area contributed by atoms with E-state index < -0.39 is 0 Å². The first kappa shape index (κ1) is 13.5. The number of pyridine rings is 1. The number of piperidine rings is 1. The third kappa shape index (κ3) is 2.46. The van der Waals surface area contributed by atoms with Crippen LogP contribution in [0.3, 0.4) is 0 Å². The number of rotatable bonds is 1. The highest BCUT2D eigenvalue weighted by Gasteiger charge is 2.27. The normalized spacial score (nSPS) is 20.9. The molecule has 1 aromatic carbocycles. The molecule has 1 aliphatic heterocycles. The molecule has 1 fully saturated rings. The molecule has 0 aliphatic carbocycles. The highest BCUT2D eigenvalue weighted by Crippen LogP contribution is 2.21. The maximum Gasteiger partial charge on any atom is 0.254 e. The van der Waals surface area contributed by atoms with Crippen molar-refractivity contribution in [2.24, 2.45) is 11.1 Å². The Kier molecular flexibility index (Phi) is 3.56. The van der Waals surface area contributed by atoms with E-state index in [-0.39, 0.29) is 11.8 Å². The zero-order valence-corrected chi connectivity index (χ0v) is 11.9. The molecule has 1 unspecified atom stereocenters. The van der Waals surface area contributed by atoms with Crippen molar-refractivity contribution in [1.29, 1.82) is 0 Å². The maximum absolute atomic E-state index is 12.8. The summed E-state index contributed by atoms with van der Waals surface area (Å²) >= 11 is 0. The van der Waals surface area contributed by atoms with Gasteiger partial charge in [-0.1, -0.05) is 24.2 Å². The molecule has 0 spiro atoms. The summed E-state index contributed by atoms with van der Waals surface area (Å²) in [5.41, 5.74) is 2.27. The van der Waals surface area contributed by atoms with Gasteiger partial charge >= 0.3 is 0 Å². The molecular formula is C16H17N3O2. The lowest BCUT2D eigenvalue weighted by atomic mass is 9.96. The van der Waals surface area contributed by atoms with Crippen LogP contribution in [-0.2, 0) is 0 Å². The molecule has 21 heavy (non-hydrogen) atoms. The van der Waals surface area contributed by atoms with Crippen molar-refractivity contribution in [3.63, 3.8) is 0 Å². The van der Waals surface area contributed by atoms with Crippen molar-refractivity contribution in [1.82, 2.24) is 9.88 Å². The molecule has 1 aromatic heterocycles. The van der Waals surface area contributed by atoms with E-state index in [4.69, 9.17) is 5.21 Å². The van der Waals surface area contributed by atoms with Gasteiger partial charge in [-0.05, 0) is 18.2 Å². The number of nitrogens with zero attached hydrogens (tertiary/aromatic N) is 3. The summed E-state index contributed by atoms with van der Waals surface area (Å²) in [5, 5.41) is 13.1. The Morgan fingerprint density at radius 2 is 2.24 bits per heavy atom. The van der Waals surface area contributed by atoms with Gasteiger partial charge < -0.3 is 10.1 Å². The molecule has 3 rings (SSSR count). The van der Waals surface area contributed by atoms with Crippen LogP contribution < -0.4 is 0 Å². The van der Waals surface area contributed by atoms with Crippen LogP contribution in [0.4, 0.5) is 0 Å². The highest BCUT2D eigenvalue weighted by atomic mass is 16.4. The SMILES string of the molecule is CC1CN(C(=O)c2cccc3ncccc23)CC/C1=N\O. The Morgan fingerprint density at radius 3 is 3.00 bits per heavy atom. The monoisotopic (exact) mass is 283 g/mol. The lowest BCUT2D eigenvalue weighted by molar-refractivity contribution is 0.0736. The number of amides is 1. The maximum atomic E-state index is 12.8. The Balaban J connectivity index is 1.91. The molecule has 0 bridgehead atoms. The van der Waals surface area contributed by atoms with Crippen LogP contribution in [-0.4, -0.2) is 39.8 Å². The van der Waals surface area contributed by atoms with Gasteiger partial charge in [-0.3, -0.25) is 9.78 Å². The number of likely N-dealkylation sites (tertiary alicyclic amines) is 1. The van der Waals surface area contributed by atoms with Gasteiger partial charge in [-0.15, -0.1) is 0 Å². The molecule has 5 nitrogen and oxygen atoms in total.